The van der Waals surface area contributed by atoms with E-state index < -0.39 is 0 Å². The lowest BCUT2D eigenvalue weighted by Gasteiger charge is -2.22. The van der Waals surface area contributed by atoms with Gasteiger partial charge in [-0.2, -0.15) is 11.8 Å². The van der Waals surface area contributed by atoms with E-state index in [9.17, 15) is 0 Å². The fourth-order valence-corrected chi connectivity index (χ4v) is 4.79. The Balaban J connectivity index is 1.74. The summed E-state index contributed by atoms with van der Waals surface area (Å²) in [6.07, 6.45) is 6.24. The van der Waals surface area contributed by atoms with Gasteiger partial charge < -0.3 is 5.32 Å². The molecule has 0 amide bonds. The number of para-hydroxylation sites is 1. The van der Waals surface area contributed by atoms with Gasteiger partial charge in [0.05, 0.1) is 16.3 Å². The maximum atomic E-state index is 4.75. The van der Waals surface area contributed by atoms with Crippen molar-refractivity contribution < 1.29 is 0 Å². The Morgan fingerprint density at radius 2 is 2.21 bits per heavy atom. The van der Waals surface area contributed by atoms with Crippen molar-refractivity contribution in [2.45, 2.75) is 43.5 Å². The number of hydrogen-bond donors (Lipinski definition) is 1. The summed E-state index contributed by atoms with van der Waals surface area (Å²) in [6, 6.07) is 9.41. The molecule has 1 aromatic heterocycles. The Morgan fingerprint density at radius 1 is 1.37 bits per heavy atom. The summed E-state index contributed by atoms with van der Waals surface area (Å²) in [5, 5.41) is 5.77. The lowest BCUT2D eigenvalue weighted by Crippen LogP contribution is -2.35. The Kier molecular flexibility index (Phi) is 4.10. The number of benzene rings is 1. The molecule has 1 saturated carbocycles. The van der Waals surface area contributed by atoms with E-state index in [1.165, 1.54) is 29.0 Å². The van der Waals surface area contributed by atoms with Gasteiger partial charge in [0.15, 0.2) is 0 Å². The molecule has 1 aliphatic rings. The largest absolute Gasteiger partial charge is 0.304 e. The average Bonchev–Trinajstić information content (AvgIpc) is 3.03. The maximum Gasteiger partial charge on any atom is 0.111 e. The molecule has 2 nitrogen and oxygen atoms in total. The minimum Gasteiger partial charge on any atom is -0.304 e. The first-order chi connectivity index (χ1) is 9.28. The van der Waals surface area contributed by atoms with Gasteiger partial charge in [-0.25, -0.2) is 4.98 Å². The van der Waals surface area contributed by atoms with Crippen LogP contribution < -0.4 is 5.32 Å². The number of aromatic nitrogens is 1. The van der Waals surface area contributed by atoms with E-state index in [2.05, 4.69) is 42.8 Å². The molecular weight excluding hydrogens is 272 g/mol. The van der Waals surface area contributed by atoms with Crippen LogP contribution in [-0.2, 0) is 0 Å². The van der Waals surface area contributed by atoms with E-state index in [0.717, 1.165) is 10.8 Å². The lowest BCUT2D eigenvalue weighted by molar-refractivity contribution is 0.467. The van der Waals surface area contributed by atoms with Gasteiger partial charge in [-0.1, -0.05) is 18.6 Å². The Labute approximate surface area is 123 Å². The molecule has 1 aliphatic carbocycles. The second-order valence-electron chi connectivity index (χ2n) is 5.22. The third-order valence-corrected chi connectivity index (χ3v) is 6.29. The topological polar surface area (TPSA) is 24.9 Å². The van der Waals surface area contributed by atoms with Crippen LogP contribution >= 0.6 is 23.1 Å². The van der Waals surface area contributed by atoms with E-state index in [4.69, 9.17) is 4.98 Å². The predicted molar refractivity (Wildman–Crippen MR) is 86.1 cm³/mol. The van der Waals surface area contributed by atoms with Gasteiger partial charge in [-0.15, -0.1) is 11.3 Å². The quantitative estimate of drug-likeness (QED) is 0.913. The normalized spacial score (nSPS) is 24.9. The number of nitrogens with one attached hydrogen (secondary N) is 1. The first-order valence-corrected chi connectivity index (χ1v) is 9.02. The SMILES string of the molecule is CSC1CCCC1NC(C)c1nc2ccccc2s1. The second-order valence-corrected chi connectivity index (χ2v) is 7.36. The maximum absolute atomic E-state index is 4.75. The molecule has 3 rings (SSSR count). The van der Waals surface area contributed by atoms with Crippen LogP contribution in [0, 0.1) is 0 Å². The van der Waals surface area contributed by atoms with Crippen LogP contribution in [0.25, 0.3) is 10.2 Å². The molecule has 1 fully saturated rings. The van der Waals surface area contributed by atoms with Crippen molar-refractivity contribution in [2.24, 2.45) is 0 Å². The van der Waals surface area contributed by atoms with Crippen LogP contribution in [0.1, 0.15) is 37.2 Å². The van der Waals surface area contributed by atoms with Crippen LogP contribution in [0.2, 0.25) is 0 Å². The number of rotatable bonds is 4. The third-order valence-electron chi connectivity index (χ3n) is 3.90. The molecule has 2 aromatic rings. The van der Waals surface area contributed by atoms with Gasteiger partial charge in [-0.3, -0.25) is 0 Å². The van der Waals surface area contributed by atoms with Gasteiger partial charge in [0, 0.05) is 11.3 Å². The summed E-state index contributed by atoms with van der Waals surface area (Å²) < 4.78 is 1.29. The van der Waals surface area contributed by atoms with Gasteiger partial charge in [0.25, 0.3) is 0 Å². The highest BCUT2D eigenvalue weighted by atomic mass is 32.2. The Hall–Kier alpha value is -0.580. The molecule has 3 unspecified atom stereocenters. The summed E-state index contributed by atoms with van der Waals surface area (Å²) in [4.78, 5) is 4.75. The summed E-state index contributed by atoms with van der Waals surface area (Å²) in [5.74, 6) is 0. The standard InChI is InChI=1S/C15H20N2S2/c1-10(16-11-7-5-9-13(11)18-2)15-17-12-6-3-4-8-14(12)19-15/h3-4,6,8,10-11,13,16H,5,7,9H2,1-2H3. The van der Waals surface area contributed by atoms with Crippen molar-refractivity contribution in [2.75, 3.05) is 6.26 Å². The van der Waals surface area contributed by atoms with Crippen LogP contribution in [0.3, 0.4) is 0 Å². The molecular formula is C15H20N2S2. The van der Waals surface area contributed by atoms with Crippen molar-refractivity contribution in [3.63, 3.8) is 0 Å². The number of nitrogens with zero attached hydrogens (tertiary/aromatic N) is 1. The van der Waals surface area contributed by atoms with Crippen LogP contribution in [0.4, 0.5) is 0 Å². The zero-order chi connectivity index (χ0) is 13.2. The van der Waals surface area contributed by atoms with Gasteiger partial charge in [0.1, 0.15) is 5.01 Å². The van der Waals surface area contributed by atoms with Crippen molar-refractivity contribution in [1.29, 1.82) is 0 Å². The van der Waals surface area contributed by atoms with Gasteiger partial charge >= 0.3 is 0 Å². The van der Waals surface area contributed by atoms with Crippen LogP contribution in [0.15, 0.2) is 24.3 Å². The Bertz CT molecular complexity index is 519. The van der Waals surface area contributed by atoms with E-state index >= 15 is 0 Å². The molecule has 0 saturated heterocycles. The highest BCUT2D eigenvalue weighted by Gasteiger charge is 2.28. The molecule has 1 N–H and O–H groups in total. The van der Waals surface area contributed by atoms with E-state index in [1.807, 2.05) is 23.1 Å². The van der Waals surface area contributed by atoms with Crippen molar-refractivity contribution in [3.8, 4) is 0 Å². The van der Waals surface area contributed by atoms with Gasteiger partial charge in [0.2, 0.25) is 0 Å². The zero-order valence-electron chi connectivity index (χ0n) is 11.4. The summed E-state index contributed by atoms with van der Waals surface area (Å²) in [6.45, 7) is 2.24. The van der Waals surface area contributed by atoms with E-state index in [-0.39, 0.29) is 0 Å². The Morgan fingerprint density at radius 3 is 3.00 bits per heavy atom. The highest BCUT2D eigenvalue weighted by molar-refractivity contribution is 7.99. The number of fused-ring (bicyclic) bond motifs is 1. The van der Waals surface area contributed by atoms with Crippen molar-refractivity contribution >= 4 is 33.3 Å². The molecule has 19 heavy (non-hydrogen) atoms. The minimum absolute atomic E-state index is 0.357. The zero-order valence-corrected chi connectivity index (χ0v) is 13.1. The molecule has 102 valence electrons. The minimum atomic E-state index is 0.357. The predicted octanol–water partition coefficient (Wildman–Crippen LogP) is 4.23. The molecule has 0 aliphatic heterocycles. The first-order valence-electron chi connectivity index (χ1n) is 6.92. The molecule has 0 radical (unpaired) electrons. The highest BCUT2D eigenvalue weighted by Crippen LogP contribution is 2.32. The van der Waals surface area contributed by atoms with Crippen molar-refractivity contribution in [3.05, 3.63) is 29.3 Å². The fraction of sp³-hybridized carbons (Fsp3) is 0.533. The monoisotopic (exact) mass is 292 g/mol. The summed E-state index contributed by atoms with van der Waals surface area (Å²) in [7, 11) is 0. The third kappa shape index (κ3) is 2.81. The first kappa shape index (κ1) is 13.4. The second kappa shape index (κ2) is 5.81. The molecule has 0 spiro atoms. The van der Waals surface area contributed by atoms with Crippen LogP contribution in [0.5, 0.6) is 0 Å². The summed E-state index contributed by atoms with van der Waals surface area (Å²) in [5.41, 5.74) is 1.13. The lowest BCUT2D eigenvalue weighted by atomic mass is 10.2. The van der Waals surface area contributed by atoms with E-state index in [0.29, 0.717) is 12.1 Å². The molecule has 1 heterocycles. The molecule has 3 atom stereocenters. The van der Waals surface area contributed by atoms with Gasteiger partial charge in [-0.05, 0) is 38.2 Å². The molecule has 1 aromatic carbocycles. The average molecular weight is 292 g/mol. The molecule has 4 heteroatoms. The molecule has 0 bridgehead atoms. The van der Waals surface area contributed by atoms with E-state index in [1.54, 1.807) is 0 Å². The number of thiazole rings is 1. The smallest absolute Gasteiger partial charge is 0.111 e. The van der Waals surface area contributed by atoms with Crippen LogP contribution in [-0.4, -0.2) is 22.5 Å². The fourth-order valence-electron chi connectivity index (χ4n) is 2.87. The number of hydrogen-bond acceptors (Lipinski definition) is 4. The summed E-state index contributed by atoms with van der Waals surface area (Å²) >= 11 is 3.82. The van der Waals surface area contributed by atoms with Crippen molar-refractivity contribution in [1.82, 2.24) is 10.3 Å². The number of thioether (sulfide) groups is 1.